The van der Waals surface area contributed by atoms with Gasteiger partial charge >= 0.3 is 0 Å². The van der Waals surface area contributed by atoms with E-state index in [4.69, 9.17) is 10.7 Å². The topological polar surface area (TPSA) is 69.6 Å². The van der Waals surface area contributed by atoms with E-state index in [0.29, 0.717) is 5.82 Å². The van der Waals surface area contributed by atoms with Gasteiger partial charge in [-0.1, -0.05) is 13.3 Å². The SMILES string of the molecule is CCCCc1nc2c(N)nc3ccsc3c2n1Cc1nccs1. The lowest BCUT2D eigenvalue weighted by atomic mass is 10.2. The Hall–Kier alpha value is -1.99. The van der Waals surface area contributed by atoms with Crippen LogP contribution in [-0.4, -0.2) is 19.5 Å². The molecule has 0 aliphatic heterocycles. The van der Waals surface area contributed by atoms with Gasteiger partial charge in [0.15, 0.2) is 5.82 Å². The Balaban J connectivity index is 1.97. The first kappa shape index (κ1) is 14.6. The van der Waals surface area contributed by atoms with E-state index in [-0.39, 0.29) is 0 Å². The number of unbranched alkanes of at least 4 members (excludes halogenated alkanes) is 1. The number of thiazole rings is 1. The number of nitrogen functional groups attached to an aromatic ring is 1. The van der Waals surface area contributed by atoms with Crippen LogP contribution in [-0.2, 0) is 13.0 Å². The minimum absolute atomic E-state index is 0.515. The number of nitrogens with two attached hydrogens (primary N) is 1. The average Bonchev–Trinajstić information content (AvgIpc) is 3.26. The monoisotopic (exact) mass is 343 g/mol. The molecule has 0 saturated heterocycles. The highest BCUT2D eigenvalue weighted by Crippen LogP contribution is 2.33. The molecule has 0 radical (unpaired) electrons. The van der Waals surface area contributed by atoms with Gasteiger partial charge in [-0.3, -0.25) is 0 Å². The van der Waals surface area contributed by atoms with Crippen LogP contribution in [0, 0.1) is 0 Å². The number of fused-ring (bicyclic) bond motifs is 3. The third kappa shape index (κ3) is 2.49. The molecule has 0 fully saturated rings. The zero-order valence-electron chi connectivity index (χ0n) is 12.8. The van der Waals surface area contributed by atoms with E-state index in [0.717, 1.165) is 57.9 Å². The minimum Gasteiger partial charge on any atom is -0.382 e. The highest BCUT2D eigenvalue weighted by molar-refractivity contribution is 7.18. The van der Waals surface area contributed by atoms with E-state index >= 15 is 0 Å². The first-order valence-corrected chi connectivity index (χ1v) is 9.44. The molecule has 5 nitrogen and oxygen atoms in total. The number of hydrogen-bond acceptors (Lipinski definition) is 6. The second-order valence-corrected chi connectivity index (χ2v) is 7.37. The van der Waals surface area contributed by atoms with Crippen molar-refractivity contribution in [3.8, 4) is 0 Å². The van der Waals surface area contributed by atoms with Crippen molar-refractivity contribution in [2.75, 3.05) is 5.73 Å². The highest BCUT2D eigenvalue weighted by atomic mass is 32.1. The first-order chi connectivity index (χ1) is 11.3. The largest absolute Gasteiger partial charge is 0.382 e. The molecule has 0 atom stereocenters. The lowest BCUT2D eigenvalue weighted by Crippen LogP contribution is -2.05. The third-order valence-corrected chi connectivity index (χ3v) is 5.60. The second-order valence-electron chi connectivity index (χ2n) is 5.47. The molecule has 118 valence electrons. The van der Waals surface area contributed by atoms with Crippen LogP contribution in [0.4, 0.5) is 5.82 Å². The Bertz CT molecular complexity index is 952. The number of aryl methyl sites for hydroxylation is 1. The van der Waals surface area contributed by atoms with Gasteiger partial charge in [0.25, 0.3) is 0 Å². The summed E-state index contributed by atoms with van der Waals surface area (Å²) in [5.74, 6) is 1.59. The van der Waals surface area contributed by atoms with Gasteiger partial charge in [-0.2, -0.15) is 0 Å². The fraction of sp³-hybridized carbons (Fsp3) is 0.312. The number of nitrogens with zero attached hydrogens (tertiary/aromatic N) is 4. The van der Waals surface area contributed by atoms with E-state index in [2.05, 4.69) is 26.8 Å². The quantitative estimate of drug-likeness (QED) is 0.593. The number of thiophene rings is 1. The Kier molecular flexibility index (Phi) is 3.74. The number of pyridine rings is 1. The normalized spacial score (nSPS) is 11.7. The van der Waals surface area contributed by atoms with E-state index in [1.807, 2.05) is 17.6 Å². The summed E-state index contributed by atoms with van der Waals surface area (Å²) in [6.07, 6.45) is 5.05. The summed E-state index contributed by atoms with van der Waals surface area (Å²) in [7, 11) is 0. The number of imidazole rings is 1. The summed E-state index contributed by atoms with van der Waals surface area (Å²) in [6.45, 7) is 2.94. The standard InChI is InChI=1S/C16H17N5S2/c1-2-3-4-11-20-13-14(21(11)9-12-18-6-8-22-12)15-10(5-7-23-15)19-16(13)17/h5-8H,2-4,9H2,1H3,(H2,17,19). The van der Waals surface area contributed by atoms with E-state index in [1.165, 1.54) is 0 Å². The van der Waals surface area contributed by atoms with Gasteiger partial charge in [-0.15, -0.1) is 22.7 Å². The molecule has 2 N–H and O–H groups in total. The van der Waals surface area contributed by atoms with Crippen molar-refractivity contribution in [3.05, 3.63) is 33.9 Å². The van der Waals surface area contributed by atoms with Gasteiger partial charge in [-0.05, 0) is 17.9 Å². The van der Waals surface area contributed by atoms with E-state index in [9.17, 15) is 0 Å². The van der Waals surface area contributed by atoms with Crippen LogP contribution < -0.4 is 5.73 Å². The second kappa shape index (κ2) is 5.90. The van der Waals surface area contributed by atoms with Crippen LogP contribution in [0.15, 0.2) is 23.0 Å². The lowest BCUT2D eigenvalue weighted by molar-refractivity contribution is 0.689. The summed E-state index contributed by atoms with van der Waals surface area (Å²) < 4.78 is 3.43. The number of anilines is 1. The van der Waals surface area contributed by atoms with E-state index < -0.39 is 0 Å². The van der Waals surface area contributed by atoms with Crippen LogP contribution in [0.5, 0.6) is 0 Å². The van der Waals surface area contributed by atoms with Crippen molar-refractivity contribution < 1.29 is 0 Å². The molecule has 0 aromatic carbocycles. The predicted molar refractivity (Wildman–Crippen MR) is 97.2 cm³/mol. The molecule has 4 heterocycles. The van der Waals surface area contributed by atoms with Crippen LogP contribution in [0.2, 0.25) is 0 Å². The molecule has 0 amide bonds. The molecular formula is C16H17N5S2. The van der Waals surface area contributed by atoms with Gasteiger partial charge in [-0.25, -0.2) is 15.0 Å². The maximum Gasteiger partial charge on any atom is 0.152 e. The summed E-state index contributed by atoms with van der Waals surface area (Å²) >= 11 is 3.36. The number of aromatic nitrogens is 4. The molecule has 4 aromatic rings. The zero-order chi connectivity index (χ0) is 15.8. The third-order valence-electron chi connectivity index (χ3n) is 3.92. The van der Waals surface area contributed by atoms with Crippen molar-refractivity contribution in [3.63, 3.8) is 0 Å². The highest BCUT2D eigenvalue weighted by Gasteiger charge is 2.18. The number of hydrogen-bond donors (Lipinski definition) is 1. The molecule has 23 heavy (non-hydrogen) atoms. The van der Waals surface area contributed by atoms with Gasteiger partial charge in [0.1, 0.15) is 16.3 Å². The van der Waals surface area contributed by atoms with Gasteiger partial charge in [0.2, 0.25) is 0 Å². The van der Waals surface area contributed by atoms with Gasteiger partial charge < -0.3 is 10.3 Å². The molecule has 0 saturated carbocycles. The van der Waals surface area contributed by atoms with Gasteiger partial charge in [0.05, 0.1) is 22.3 Å². The zero-order valence-corrected chi connectivity index (χ0v) is 14.5. The Morgan fingerprint density at radius 3 is 2.91 bits per heavy atom. The molecule has 0 aliphatic rings. The lowest BCUT2D eigenvalue weighted by Gasteiger charge is -2.08. The van der Waals surface area contributed by atoms with Crippen LogP contribution in [0.25, 0.3) is 21.3 Å². The Morgan fingerprint density at radius 2 is 2.13 bits per heavy atom. The van der Waals surface area contributed by atoms with Crippen molar-refractivity contribution in [1.29, 1.82) is 0 Å². The Labute approximate surface area is 141 Å². The average molecular weight is 343 g/mol. The van der Waals surface area contributed by atoms with E-state index in [1.54, 1.807) is 22.7 Å². The molecule has 4 rings (SSSR count). The van der Waals surface area contributed by atoms with Crippen LogP contribution in [0.3, 0.4) is 0 Å². The number of rotatable bonds is 5. The molecule has 0 unspecified atom stereocenters. The Morgan fingerprint density at radius 1 is 1.22 bits per heavy atom. The summed E-state index contributed by atoms with van der Waals surface area (Å²) in [5, 5.41) is 5.15. The fourth-order valence-corrected chi connectivity index (χ4v) is 4.31. The van der Waals surface area contributed by atoms with Crippen molar-refractivity contribution in [2.45, 2.75) is 32.7 Å². The first-order valence-electron chi connectivity index (χ1n) is 7.68. The molecule has 4 aromatic heterocycles. The molecule has 0 aliphatic carbocycles. The summed E-state index contributed by atoms with van der Waals surface area (Å²) in [6, 6.07) is 2.02. The molecular weight excluding hydrogens is 326 g/mol. The summed E-state index contributed by atoms with van der Waals surface area (Å²) in [5.41, 5.74) is 9.04. The van der Waals surface area contributed by atoms with Crippen LogP contribution in [0.1, 0.15) is 30.6 Å². The van der Waals surface area contributed by atoms with Gasteiger partial charge in [0, 0.05) is 18.0 Å². The summed E-state index contributed by atoms with van der Waals surface area (Å²) in [4.78, 5) is 13.7. The maximum absolute atomic E-state index is 6.17. The molecule has 7 heteroatoms. The maximum atomic E-state index is 6.17. The van der Waals surface area contributed by atoms with Crippen molar-refractivity contribution in [2.24, 2.45) is 0 Å². The molecule has 0 spiro atoms. The smallest absolute Gasteiger partial charge is 0.152 e. The molecule has 0 bridgehead atoms. The fourth-order valence-electron chi connectivity index (χ4n) is 2.82. The van der Waals surface area contributed by atoms with Crippen molar-refractivity contribution >= 4 is 49.7 Å². The van der Waals surface area contributed by atoms with Crippen LogP contribution >= 0.6 is 22.7 Å². The van der Waals surface area contributed by atoms with Crippen molar-refractivity contribution in [1.82, 2.24) is 19.5 Å². The minimum atomic E-state index is 0.515. The predicted octanol–water partition coefficient (Wildman–Crippen LogP) is 4.08.